The zero-order chi connectivity index (χ0) is 21.2. The van der Waals surface area contributed by atoms with Gasteiger partial charge in [0.25, 0.3) is 0 Å². The Morgan fingerprint density at radius 2 is 2.17 bits per heavy atom. The van der Waals surface area contributed by atoms with Gasteiger partial charge in [-0.3, -0.25) is 4.79 Å². The second-order valence-electron chi connectivity index (χ2n) is 7.08. The van der Waals surface area contributed by atoms with Gasteiger partial charge in [-0.2, -0.15) is 4.31 Å². The van der Waals surface area contributed by atoms with Crippen LogP contribution in [0.4, 0.5) is 0 Å². The van der Waals surface area contributed by atoms with Gasteiger partial charge in [0.05, 0.1) is 28.7 Å². The number of thiazole rings is 1. The molecule has 0 saturated carbocycles. The first-order valence-electron chi connectivity index (χ1n) is 9.65. The number of aryl methyl sites for hydroxylation is 2. The number of aromatic nitrogens is 1. The number of nitrogens with one attached hydrogen (secondary N) is 1. The van der Waals surface area contributed by atoms with Crippen molar-refractivity contribution in [2.45, 2.75) is 57.0 Å². The topological polar surface area (TPSA) is 88.6 Å². The standard InChI is InChI=1S/C20H27N3O4S2/c1-5-19(24)21-12-14-11-15(9-10-18(14)27-4)29(25,26)23(3)17-8-6-7-16-20(17)28-13(2)22-16/h9-11,17H,5-8,12H2,1-4H3,(H,21,24). The number of fused-ring (bicyclic) bond motifs is 1. The van der Waals surface area contributed by atoms with E-state index in [4.69, 9.17) is 4.74 Å². The molecule has 0 aliphatic heterocycles. The molecule has 158 valence electrons. The second kappa shape index (κ2) is 8.81. The highest BCUT2D eigenvalue weighted by molar-refractivity contribution is 7.89. The predicted molar refractivity (Wildman–Crippen MR) is 113 cm³/mol. The fraction of sp³-hybridized carbons (Fsp3) is 0.500. The van der Waals surface area contributed by atoms with Crippen molar-refractivity contribution in [2.24, 2.45) is 0 Å². The molecule has 1 heterocycles. The van der Waals surface area contributed by atoms with E-state index in [0.717, 1.165) is 34.8 Å². The molecule has 29 heavy (non-hydrogen) atoms. The lowest BCUT2D eigenvalue weighted by molar-refractivity contribution is -0.120. The average molecular weight is 438 g/mol. The van der Waals surface area contributed by atoms with E-state index >= 15 is 0 Å². The van der Waals surface area contributed by atoms with Crippen LogP contribution < -0.4 is 10.1 Å². The Balaban J connectivity index is 1.91. The molecule has 3 rings (SSSR count). The number of methoxy groups -OCH3 is 1. The molecule has 1 atom stereocenters. The van der Waals surface area contributed by atoms with E-state index in [1.165, 1.54) is 11.4 Å². The molecule has 7 nitrogen and oxygen atoms in total. The van der Waals surface area contributed by atoms with Crippen molar-refractivity contribution in [1.82, 2.24) is 14.6 Å². The van der Waals surface area contributed by atoms with Gasteiger partial charge in [0, 0.05) is 30.5 Å². The minimum absolute atomic E-state index is 0.104. The van der Waals surface area contributed by atoms with Crippen LogP contribution in [0.15, 0.2) is 23.1 Å². The van der Waals surface area contributed by atoms with Crippen LogP contribution >= 0.6 is 11.3 Å². The number of nitrogens with zero attached hydrogens (tertiary/aromatic N) is 2. The van der Waals surface area contributed by atoms with Gasteiger partial charge in [-0.15, -0.1) is 11.3 Å². The Kier molecular flexibility index (Phi) is 6.60. The van der Waals surface area contributed by atoms with Gasteiger partial charge in [-0.05, 0) is 44.4 Å². The lowest BCUT2D eigenvalue weighted by atomic mass is 9.98. The zero-order valence-electron chi connectivity index (χ0n) is 17.2. The van der Waals surface area contributed by atoms with Crippen molar-refractivity contribution < 1.29 is 17.9 Å². The lowest BCUT2D eigenvalue weighted by Gasteiger charge is -2.30. The van der Waals surface area contributed by atoms with Crippen LogP contribution in [-0.4, -0.2) is 37.8 Å². The van der Waals surface area contributed by atoms with Gasteiger partial charge in [-0.1, -0.05) is 6.92 Å². The van der Waals surface area contributed by atoms with Crippen LogP contribution in [0.2, 0.25) is 0 Å². The molecule has 0 radical (unpaired) electrons. The van der Waals surface area contributed by atoms with Gasteiger partial charge in [0.2, 0.25) is 15.9 Å². The maximum atomic E-state index is 13.4. The summed E-state index contributed by atoms with van der Waals surface area (Å²) in [5.41, 5.74) is 1.64. The molecular weight excluding hydrogens is 410 g/mol. The summed E-state index contributed by atoms with van der Waals surface area (Å²) in [5, 5.41) is 3.74. The van der Waals surface area contributed by atoms with E-state index in [-0.39, 0.29) is 23.4 Å². The number of benzene rings is 1. The summed E-state index contributed by atoms with van der Waals surface area (Å²) in [7, 11) is -0.564. The summed E-state index contributed by atoms with van der Waals surface area (Å²) >= 11 is 1.58. The largest absolute Gasteiger partial charge is 0.496 e. The monoisotopic (exact) mass is 437 g/mol. The number of hydrogen-bond acceptors (Lipinski definition) is 6. The number of rotatable bonds is 7. The van der Waals surface area contributed by atoms with Gasteiger partial charge >= 0.3 is 0 Å². The number of sulfonamides is 1. The summed E-state index contributed by atoms with van der Waals surface area (Å²) in [6.07, 6.45) is 2.95. The summed E-state index contributed by atoms with van der Waals surface area (Å²) in [5.74, 6) is 0.439. The number of ether oxygens (including phenoxy) is 1. The number of hydrogen-bond donors (Lipinski definition) is 1. The smallest absolute Gasteiger partial charge is 0.243 e. The van der Waals surface area contributed by atoms with Gasteiger partial charge < -0.3 is 10.1 Å². The fourth-order valence-corrected chi connectivity index (χ4v) is 6.20. The predicted octanol–water partition coefficient (Wildman–Crippen LogP) is 3.18. The van der Waals surface area contributed by atoms with E-state index < -0.39 is 10.0 Å². The molecule has 1 aliphatic carbocycles. The molecule has 1 unspecified atom stereocenters. The average Bonchev–Trinajstić information content (AvgIpc) is 3.11. The van der Waals surface area contributed by atoms with Crippen LogP contribution in [0, 0.1) is 6.92 Å². The Bertz CT molecular complexity index is 1000. The van der Waals surface area contributed by atoms with Gasteiger partial charge in [0.1, 0.15) is 5.75 Å². The number of amides is 1. The molecule has 2 aromatic rings. The third-order valence-corrected chi connectivity index (χ3v) is 8.17. The van der Waals surface area contributed by atoms with Crippen molar-refractivity contribution in [3.63, 3.8) is 0 Å². The lowest BCUT2D eigenvalue weighted by Crippen LogP contribution is -2.33. The van der Waals surface area contributed by atoms with Crippen molar-refractivity contribution in [1.29, 1.82) is 0 Å². The molecule has 1 aromatic heterocycles. The zero-order valence-corrected chi connectivity index (χ0v) is 18.8. The minimum atomic E-state index is -3.72. The molecule has 0 spiro atoms. The van der Waals surface area contributed by atoms with E-state index in [0.29, 0.717) is 17.7 Å². The Morgan fingerprint density at radius 1 is 1.41 bits per heavy atom. The van der Waals surface area contributed by atoms with Gasteiger partial charge in [-0.25, -0.2) is 13.4 Å². The molecule has 9 heteroatoms. The molecule has 1 N–H and O–H groups in total. The normalized spacial score (nSPS) is 16.5. The Hall–Kier alpha value is -1.97. The van der Waals surface area contributed by atoms with Crippen LogP contribution in [0.25, 0.3) is 0 Å². The SMILES string of the molecule is CCC(=O)NCc1cc(S(=O)(=O)N(C)C2CCCc3nc(C)sc32)ccc1OC. The quantitative estimate of drug-likeness (QED) is 0.719. The first kappa shape index (κ1) is 21.7. The number of carbonyl (C=O) groups is 1. The van der Waals surface area contributed by atoms with Crippen LogP contribution in [-0.2, 0) is 27.8 Å². The maximum absolute atomic E-state index is 13.4. The Morgan fingerprint density at radius 3 is 2.86 bits per heavy atom. The highest BCUT2D eigenvalue weighted by Crippen LogP contribution is 2.39. The van der Waals surface area contributed by atoms with Crippen LogP contribution in [0.1, 0.15) is 53.4 Å². The molecule has 1 amide bonds. The summed E-state index contributed by atoms with van der Waals surface area (Å²) in [6, 6.07) is 4.57. The summed E-state index contributed by atoms with van der Waals surface area (Å²) in [4.78, 5) is 17.4. The van der Waals surface area contributed by atoms with E-state index in [9.17, 15) is 13.2 Å². The molecule has 0 saturated heterocycles. The fourth-order valence-electron chi connectivity index (χ4n) is 3.57. The van der Waals surface area contributed by atoms with E-state index in [1.807, 2.05) is 6.92 Å². The summed E-state index contributed by atoms with van der Waals surface area (Å²) in [6.45, 7) is 3.93. The van der Waals surface area contributed by atoms with Crippen LogP contribution in [0.5, 0.6) is 5.75 Å². The first-order valence-corrected chi connectivity index (χ1v) is 11.9. The third kappa shape index (κ3) is 4.46. The van der Waals surface area contributed by atoms with Crippen molar-refractivity contribution in [3.8, 4) is 5.75 Å². The van der Waals surface area contributed by atoms with Crippen molar-refractivity contribution in [2.75, 3.05) is 14.2 Å². The van der Waals surface area contributed by atoms with Crippen molar-refractivity contribution in [3.05, 3.63) is 39.3 Å². The highest BCUT2D eigenvalue weighted by Gasteiger charge is 2.34. The minimum Gasteiger partial charge on any atom is -0.496 e. The second-order valence-corrected chi connectivity index (χ2v) is 10.3. The van der Waals surface area contributed by atoms with Crippen LogP contribution in [0.3, 0.4) is 0 Å². The molecule has 0 bridgehead atoms. The molecule has 1 aliphatic rings. The van der Waals surface area contributed by atoms with E-state index in [2.05, 4.69) is 10.3 Å². The van der Waals surface area contributed by atoms with Crippen molar-refractivity contribution >= 4 is 27.3 Å². The molecular formula is C20H27N3O4S2. The Labute approximate surface area is 176 Å². The molecule has 0 fully saturated rings. The first-order chi connectivity index (χ1) is 13.8. The third-order valence-electron chi connectivity index (χ3n) is 5.19. The molecule has 1 aromatic carbocycles. The van der Waals surface area contributed by atoms with E-state index in [1.54, 1.807) is 43.5 Å². The summed E-state index contributed by atoms with van der Waals surface area (Å²) < 4.78 is 33.5. The maximum Gasteiger partial charge on any atom is 0.243 e. The number of carbonyl (C=O) groups excluding carboxylic acids is 1. The van der Waals surface area contributed by atoms with Gasteiger partial charge in [0.15, 0.2) is 0 Å². The highest BCUT2D eigenvalue weighted by atomic mass is 32.2.